The van der Waals surface area contributed by atoms with Crippen molar-refractivity contribution in [1.29, 1.82) is 5.26 Å². The van der Waals surface area contributed by atoms with E-state index in [0.29, 0.717) is 34.0 Å². The van der Waals surface area contributed by atoms with Gasteiger partial charge in [-0.1, -0.05) is 78.9 Å². The molecule has 0 aliphatic carbocycles. The first-order valence-electron chi connectivity index (χ1n) is 9.96. The van der Waals surface area contributed by atoms with Crippen molar-refractivity contribution in [3.8, 4) is 51.1 Å². The van der Waals surface area contributed by atoms with E-state index in [2.05, 4.69) is 31.3 Å². The van der Waals surface area contributed by atoms with E-state index in [-0.39, 0.29) is 0 Å². The molecule has 0 atom stereocenters. The highest BCUT2D eigenvalue weighted by atomic mass is 15.1. The van der Waals surface area contributed by atoms with Gasteiger partial charge in [0.05, 0.1) is 23.7 Å². The molecular weight excluding hydrogens is 396 g/mol. The summed E-state index contributed by atoms with van der Waals surface area (Å²) < 4.78 is 0. The van der Waals surface area contributed by atoms with Crippen molar-refractivity contribution in [3.05, 3.63) is 102 Å². The average molecular weight is 412 g/mol. The number of hydrogen-bond acceptors (Lipinski definition) is 3. The molecule has 2 aromatic heterocycles. The number of H-pyrrole nitrogens is 2. The number of rotatable bonds is 4. The summed E-state index contributed by atoms with van der Waals surface area (Å²) in [5.41, 5.74) is 6.79. The van der Waals surface area contributed by atoms with Crippen LogP contribution in [0.25, 0.3) is 49.9 Å². The highest BCUT2D eigenvalue weighted by molar-refractivity contribution is 5.89. The molecule has 2 N–H and O–H groups in total. The third kappa shape index (κ3) is 3.23. The number of nitriles is 1. The van der Waals surface area contributed by atoms with E-state index in [0.717, 1.165) is 22.3 Å². The van der Waals surface area contributed by atoms with Gasteiger partial charge in [-0.05, 0) is 17.2 Å². The number of aromatic nitrogens is 4. The van der Waals surface area contributed by atoms with Crippen molar-refractivity contribution in [2.24, 2.45) is 0 Å². The summed E-state index contributed by atoms with van der Waals surface area (Å²) in [6.07, 6.45) is 0. The number of nitrogens with zero attached hydrogens (tertiary/aromatic N) is 4. The zero-order valence-electron chi connectivity index (χ0n) is 16.9. The second kappa shape index (κ2) is 8.06. The van der Waals surface area contributed by atoms with Crippen LogP contribution in [0.5, 0.6) is 0 Å². The van der Waals surface area contributed by atoms with Crippen LogP contribution in [-0.4, -0.2) is 20.4 Å². The van der Waals surface area contributed by atoms with E-state index in [1.165, 1.54) is 0 Å². The molecule has 2 heterocycles. The standard InChI is InChI=1S/C26H16N6/c1-28-26-24(18-11-6-3-7-12-18)31-32-25(26)20-14-8-13-19(15-20)23-21(16-27)22(29-30-23)17-9-4-2-5-10-17/h2-15H,(H,29,30)(H,31,32). The van der Waals surface area contributed by atoms with Gasteiger partial charge < -0.3 is 0 Å². The minimum absolute atomic E-state index is 0.459. The Kier molecular flexibility index (Phi) is 4.80. The van der Waals surface area contributed by atoms with Gasteiger partial charge in [-0.3, -0.25) is 10.2 Å². The number of benzene rings is 3. The van der Waals surface area contributed by atoms with Crippen LogP contribution in [0.3, 0.4) is 0 Å². The first kappa shape index (κ1) is 19.0. The minimum Gasteiger partial charge on any atom is -0.289 e. The maximum atomic E-state index is 9.84. The Balaban J connectivity index is 1.60. The second-order valence-electron chi connectivity index (χ2n) is 7.15. The summed E-state index contributed by atoms with van der Waals surface area (Å²) in [4.78, 5) is 3.75. The summed E-state index contributed by atoms with van der Waals surface area (Å²) >= 11 is 0. The Morgan fingerprint density at radius 2 is 1.22 bits per heavy atom. The van der Waals surface area contributed by atoms with E-state index >= 15 is 0 Å². The third-order valence-corrected chi connectivity index (χ3v) is 5.26. The van der Waals surface area contributed by atoms with Crippen LogP contribution in [0.4, 0.5) is 5.69 Å². The molecular formula is C26H16N6. The van der Waals surface area contributed by atoms with Crippen LogP contribution in [-0.2, 0) is 0 Å². The highest BCUT2D eigenvalue weighted by Crippen LogP contribution is 2.39. The van der Waals surface area contributed by atoms with Crippen molar-refractivity contribution in [1.82, 2.24) is 20.4 Å². The van der Waals surface area contributed by atoms with Crippen molar-refractivity contribution >= 4 is 5.69 Å². The zero-order chi connectivity index (χ0) is 21.9. The van der Waals surface area contributed by atoms with Crippen molar-refractivity contribution in [2.75, 3.05) is 0 Å². The predicted molar refractivity (Wildman–Crippen MR) is 123 cm³/mol. The molecule has 32 heavy (non-hydrogen) atoms. The third-order valence-electron chi connectivity index (χ3n) is 5.26. The van der Waals surface area contributed by atoms with Crippen LogP contribution >= 0.6 is 0 Å². The van der Waals surface area contributed by atoms with Gasteiger partial charge in [-0.15, -0.1) is 0 Å². The fourth-order valence-electron chi connectivity index (χ4n) is 3.74. The molecule has 150 valence electrons. The van der Waals surface area contributed by atoms with Crippen LogP contribution in [0, 0.1) is 17.9 Å². The Labute approximate surface area is 184 Å². The topological polar surface area (TPSA) is 85.5 Å². The summed E-state index contributed by atoms with van der Waals surface area (Å²) in [5.74, 6) is 0. The molecule has 0 spiro atoms. The molecule has 6 heteroatoms. The fraction of sp³-hybridized carbons (Fsp3) is 0. The molecule has 0 aliphatic heterocycles. The van der Waals surface area contributed by atoms with Crippen LogP contribution in [0.1, 0.15) is 5.56 Å². The molecule has 0 radical (unpaired) electrons. The van der Waals surface area contributed by atoms with Gasteiger partial charge in [-0.25, -0.2) is 4.85 Å². The maximum absolute atomic E-state index is 9.84. The maximum Gasteiger partial charge on any atom is 0.239 e. The highest BCUT2D eigenvalue weighted by Gasteiger charge is 2.19. The molecule has 5 rings (SSSR count). The van der Waals surface area contributed by atoms with E-state index in [1.54, 1.807) is 0 Å². The molecule has 0 bridgehead atoms. The van der Waals surface area contributed by atoms with Gasteiger partial charge in [0.15, 0.2) is 0 Å². The molecule has 0 aliphatic rings. The Morgan fingerprint density at radius 1 is 0.688 bits per heavy atom. The monoisotopic (exact) mass is 412 g/mol. The molecule has 0 amide bonds. The largest absolute Gasteiger partial charge is 0.289 e. The van der Waals surface area contributed by atoms with Gasteiger partial charge in [0, 0.05) is 11.1 Å². The Bertz CT molecular complexity index is 1370. The molecule has 0 saturated heterocycles. The molecule has 0 saturated carbocycles. The lowest BCUT2D eigenvalue weighted by molar-refractivity contribution is 1.10. The summed E-state index contributed by atoms with van der Waals surface area (Å²) in [6, 6.07) is 29.2. The van der Waals surface area contributed by atoms with Crippen LogP contribution < -0.4 is 0 Å². The van der Waals surface area contributed by atoms with Crippen molar-refractivity contribution in [3.63, 3.8) is 0 Å². The number of aromatic amines is 2. The fourth-order valence-corrected chi connectivity index (χ4v) is 3.74. The summed E-state index contributed by atoms with van der Waals surface area (Å²) in [6.45, 7) is 7.73. The van der Waals surface area contributed by atoms with E-state index < -0.39 is 0 Å². The SMILES string of the molecule is [C-]#[N+]c1c(-c2cccc(-c3n[nH]c(-c4ccccc4)c3C#N)c2)n[nH]c1-c1ccccc1. The normalized spacial score (nSPS) is 10.4. The van der Waals surface area contributed by atoms with Crippen molar-refractivity contribution < 1.29 is 0 Å². The lowest BCUT2D eigenvalue weighted by Gasteiger charge is -2.03. The molecule has 6 nitrogen and oxygen atoms in total. The van der Waals surface area contributed by atoms with Crippen LogP contribution in [0.2, 0.25) is 0 Å². The molecule has 3 aromatic carbocycles. The number of nitrogens with one attached hydrogen (secondary N) is 2. The first-order chi connectivity index (χ1) is 15.8. The van der Waals surface area contributed by atoms with Gasteiger partial charge >= 0.3 is 0 Å². The molecule has 0 fully saturated rings. The smallest absolute Gasteiger partial charge is 0.239 e. The molecule has 5 aromatic rings. The van der Waals surface area contributed by atoms with Gasteiger partial charge in [0.25, 0.3) is 0 Å². The van der Waals surface area contributed by atoms with E-state index in [1.807, 2.05) is 84.9 Å². The predicted octanol–water partition coefficient (Wildman–Crippen LogP) is 6.22. The Hall–Kier alpha value is -4.94. The lowest BCUT2D eigenvalue weighted by atomic mass is 10.00. The van der Waals surface area contributed by atoms with Gasteiger partial charge in [-0.2, -0.15) is 15.5 Å². The van der Waals surface area contributed by atoms with Gasteiger partial charge in [0.2, 0.25) is 5.69 Å². The summed E-state index contributed by atoms with van der Waals surface area (Å²) in [7, 11) is 0. The second-order valence-corrected chi connectivity index (χ2v) is 7.15. The Morgan fingerprint density at radius 3 is 1.84 bits per heavy atom. The van der Waals surface area contributed by atoms with Crippen molar-refractivity contribution in [2.45, 2.75) is 0 Å². The first-order valence-corrected chi connectivity index (χ1v) is 9.96. The summed E-state index contributed by atoms with van der Waals surface area (Å²) in [5, 5.41) is 24.7. The average Bonchev–Trinajstić information content (AvgIpc) is 3.49. The van der Waals surface area contributed by atoms with E-state index in [9.17, 15) is 5.26 Å². The zero-order valence-corrected chi connectivity index (χ0v) is 16.9. The van der Waals surface area contributed by atoms with Crippen LogP contribution in [0.15, 0.2) is 84.9 Å². The minimum atomic E-state index is 0.459. The van der Waals surface area contributed by atoms with Gasteiger partial charge in [0.1, 0.15) is 17.3 Å². The lowest BCUT2D eigenvalue weighted by Crippen LogP contribution is -1.86. The van der Waals surface area contributed by atoms with E-state index in [4.69, 9.17) is 6.57 Å². The quantitative estimate of drug-likeness (QED) is 0.343. The number of hydrogen-bond donors (Lipinski definition) is 2. The molecule has 0 unspecified atom stereocenters.